The van der Waals surface area contributed by atoms with Crippen molar-refractivity contribution in [2.75, 3.05) is 0 Å². The molecule has 0 radical (unpaired) electrons. The molecule has 0 fully saturated rings. The molecular formula is C16H17N3OS. The molecular weight excluding hydrogens is 282 g/mol. The van der Waals surface area contributed by atoms with Gasteiger partial charge < -0.3 is 10.1 Å². The lowest BCUT2D eigenvalue weighted by Crippen LogP contribution is -2.21. The molecule has 0 aliphatic carbocycles. The molecule has 0 aliphatic rings. The molecule has 2 aromatic carbocycles. The van der Waals surface area contributed by atoms with Gasteiger partial charge in [0.15, 0.2) is 0 Å². The number of fused-ring (bicyclic) bond motifs is 1. The molecule has 0 saturated carbocycles. The van der Waals surface area contributed by atoms with Crippen molar-refractivity contribution in [2.45, 2.75) is 26.4 Å². The van der Waals surface area contributed by atoms with Gasteiger partial charge in [-0.25, -0.2) is 0 Å². The van der Waals surface area contributed by atoms with Crippen LogP contribution in [0.25, 0.3) is 10.8 Å². The molecule has 0 bridgehead atoms. The first-order chi connectivity index (χ1) is 10.2. The zero-order chi connectivity index (χ0) is 14.7. The highest BCUT2D eigenvalue weighted by molar-refractivity contribution is 7.13. The molecule has 0 spiro atoms. The lowest BCUT2D eigenvalue weighted by atomic mass is 10.1. The van der Waals surface area contributed by atoms with Crippen molar-refractivity contribution in [3.63, 3.8) is 0 Å². The van der Waals surface area contributed by atoms with Crippen LogP contribution in [0, 0.1) is 0 Å². The summed E-state index contributed by atoms with van der Waals surface area (Å²) in [6.45, 7) is 4.93. The third-order valence-corrected chi connectivity index (χ3v) is 3.86. The molecule has 3 aromatic rings. The lowest BCUT2D eigenvalue weighted by Gasteiger charge is -2.05. The third kappa shape index (κ3) is 3.37. The van der Waals surface area contributed by atoms with E-state index in [1.54, 1.807) is 0 Å². The quantitative estimate of drug-likeness (QED) is 0.774. The number of ether oxygens (including phenoxy) is 1. The van der Waals surface area contributed by atoms with Gasteiger partial charge in [0.05, 0.1) is 6.54 Å². The first-order valence-electron chi connectivity index (χ1n) is 6.94. The Bertz CT molecular complexity index is 734. The molecule has 0 saturated heterocycles. The Morgan fingerprint density at radius 2 is 1.90 bits per heavy atom. The smallest absolute Gasteiger partial charge is 0.299 e. The largest absolute Gasteiger partial charge is 0.429 e. The van der Waals surface area contributed by atoms with Crippen molar-refractivity contribution in [3.05, 3.63) is 47.5 Å². The lowest BCUT2D eigenvalue weighted by molar-refractivity contribution is 0.478. The third-order valence-electron chi connectivity index (χ3n) is 3.06. The molecule has 5 heteroatoms. The van der Waals surface area contributed by atoms with E-state index in [0.29, 0.717) is 17.8 Å². The minimum atomic E-state index is 0.427. The van der Waals surface area contributed by atoms with Crippen molar-refractivity contribution in [1.29, 1.82) is 0 Å². The maximum atomic E-state index is 5.90. The van der Waals surface area contributed by atoms with Gasteiger partial charge in [0.25, 0.3) is 5.19 Å². The second kappa shape index (κ2) is 6.20. The molecule has 3 rings (SSSR count). The maximum absolute atomic E-state index is 5.90. The number of nitrogens with one attached hydrogen (secondary N) is 1. The fourth-order valence-electron chi connectivity index (χ4n) is 2.02. The van der Waals surface area contributed by atoms with E-state index >= 15 is 0 Å². The molecule has 0 atom stereocenters. The Hall–Kier alpha value is -1.98. The van der Waals surface area contributed by atoms with E-state index < -0.39 is 0 Å². The molecule has 21 heavy (non-hydrogen) atoms. The summed E-state index contributed by atoms with van der Waals surface area (Å²) in [6.07, 6.45) is 0. The molecule has 0 unspecified atom stereocenters. The number of hydrogen-bond donors (Lipinski definition) is 1. The van der Waals surface area contributed by atoms with Crippen LogP contribution in [-0.4, -0.2) is 16.2 Å². The molecule has 0 amide bonds. The van der Waals surface area contributed by atoms with Crippen LogP contribution in [0.3, 0.4) is 0 Å². The topological polar surface area (TPSA) is 47.0 Å². The summed E-state index contributed by atoms with van der Waals surface area (Å²) >= 11 is 1.47. The molecule has 1 N–H and O–H groups in total. The van der Waals surface area contributed by atoms with Gasteiger partial charge in [0, 0.05) is 11.4 Å². The van der Waals surface area contributed by atoms with Gasteiger partial charge in [0.1, 0.15) is 10.8 Å². The minimum Gasteiger partial charge on any atom is -0.429 e. The van der Waals surface area contributed by atoms with Crippen molar-refractivity contribution in [2.24, 2.45) is 0 Å². The van der Waals surface area contributed by atoms with E-state index in [-0.39, 0.29) is 0 Å². The van der Waals surface area contributed by atoms with E-state index in [1.165, 1.54) is 11.3 Å². The molecule has 108 valence electrons. The average molecular weight is 299 g/mol. The summed E-state index contributed by atoms with van der Waals surface area (Å²) in [4.78, 5) is 0. The number of aromatic nitrogens is 2. The highest BCUT2D eigenvalue weighted by Crippen LogP contribution is 2.31. The summed E-state index contributed by atoms with van der Waals surface area (Å²) in [5.74, 6) is 0.813. The highest BCUT2D eigenvalue weighted by atomic mass is 32.1. The normalized spacial score (nSPS) is 11.2. The van der Waals surface area contributed by atoms with Gasteiger partial charge in [0.2, 0.25) is 0 Å². The van der Waals surface area contributed by atoms with E-state index in [4.69, 9.17) is 4.74 Å². The Morgan fingerprint density at radius 1 is 1.10 bits per heavy atom. The van der Waals surface area contributed by atoms with Crippen LogP contribution in [0.2, 0.25) is 0 Å². The van der Waals surface area contributed by atoms with Gasteiger partial charge in [-0.05, 0) is 11.5 Å². The standard InChI is InChI=1S/C16H17N3OS/c1-11(2)17-10-15-18-19-16(21-15)20-14-9-5-7-12-6-3-4-8-13(12)14/h3-9,11,17H,10H2,1-2H3. The second-order valence-corrected chi connectivity index (χ2v) is 6.10. The average Bonchev–Trinajstić information content (AvgIpc) is 2.93. The van der Waals surface area contributed by atoms with E-state index in [2.05, 4.69) is 41.5 Å². The van der Waals surface area contributed by atoms with Gasteiger partial charge in [-0.3, -0.25) is 0 Å². The van der Waals surface area contributed by atoms with Crippen LogP contribution in [0.15, 0.2) is 42.5 Å². The van der Waals surface area contributed by atoms with Crippen LogP contribution in [-0.2, 0) is 6.54 Å². The molecule has 0 aliphatic heterocycles. The monoisotopic (exact) mass is 299 g/mol. The number of nitrogens with zero attached hydrogens (tertiary/aromatic N) is 2. The van der Waals surface area contributed by atoms with E-state index in [9.17, 15) is 0 Å². The van der Waals surface area contributed by atoms with Crippen molar-refractivity contribution in [3.8, 4) is 10.9 Å². The van der Waals surface area contributed by atoms with Crippen molar-refractivity contribution >= 4 is 22.1 Å². The Morgan fingerprint density at radius 3 is 2.76 bits per heavy atom. The Balaban J connectivity index is 1.79. The highest BCUT2D eigenvalue weighted by Gasteiger charge is 2.08. The maximum Gasteiger partial charge on any atom is 0.299 e. The van der Waals surface area contributed by atoms with Crippen molar-refractivity contribution in [1.82, 2.24) is 15.5 Å². The Kier molecular flexibility index (Phi) is 4.13. The van der Waals surface area contributed by atoms with Gasteiger partial charge in [-0.2, -0.15) is 0 Å². The van der Waals surface area contributed by atoms with Crippen LogP contribution in [0.5, 0.6) is 10.9 Å². The van der Waals surface area contributed by atoms with E-state index in [1.807, 2.05) is 30.3 Å². The molecule has 4 nitrogen and oxygen atoms in total. The molecule has 1 aromatic heterocycles. The van der Waals surface area contributed by atoms with Gasteiger partial charge in [-0.1, -0.05) is 66.7 Å². The second-order valence-electron chi connectivity index (χ2n) is 5.08. The fraction of sp³-hybridized carbons (Fsp3) is 0.250. The number of hydrogen-bond acceptors (Lipinski definition) is 5. The summed E-state index contributed by atoms with van der Waals surface area (Å²) in [6, 6.07) is 14.6. The number of rotatable bonds is 5. The van der Waals surface area contributed by atoms with E-state index in [0.717, 1.165) is 21.5 Å². The predicted octanol–water partition coefficient (Wildman–Crippen LogP) is 3.98. The van der Waals surface area contributed by atoms with Gasteiger partial charge in [-0.15, -0.1) is 5.10 Å². The van der Waals surface area contributed by atoms with Gasteiger partial charge >= 0.3 is 0 Å². The Labute approximate surface area is 127 Å². The fourth-order valence-corrected chi connectivity index (χ4v) is 2.67. The van der Waals surface area contributed by atoms with Crippen LogP contribution in [0.1, 0.15) is 18.9 Å². The summed E-state index contributed by atoms with van der Waals surface area (Å²) in [5, 5.41) is 15.3. The van der Waals surface area contributed by atoms with Crippen LogP contribution in [0.4, 0.5) is 0 Å². The SMILES string of the molecule is CC(C)NCc1nnc(Oc2cccc3ccccc23)s1. The summed E-state index contributed by atoms with van der Waals surface area (Å²) in [7, 11) is 0. The zero-order valence-corrected chi connectivity index (χ0v) is 12.9. The minimum absolute atomic E-state index is 0.427. The van der Waals surface area contributed by atoms with Crippen molar-refractivity contribution < 1.29 is 4.74 Å². The predicted molar refractivity (Wildman–Crippen MR) is 85.9 cm³/mol. The zero-order valence-electron chi connectivity index (χ0n) is 12.0. The van der Waals surface area contributed by atoms with Crippen LogP contribution >= 0.6 is 11.3 Å². The number of benzene rings is 2. The first kappa shape index (κ1) is 14.0. The molecule has 1 heterocycles. The van der Waals surface area contributed by atoms with Crippen LogP contribution < -0.4 is 10.1 Å². The summed E-state index contributed by atoms with van der Waals surface area (Å²) < 4.78 is 5.90. The summed E-state index contributed by atoms with van der Waals surface area (Å²) in [5.41, 5.74) is 0. The first-order valence-corrected chi connectivity index (χ1v) is 7.75.